The quantitative estimate of drug-likeness (QED) is 0.511. The van der Waals surface area contributed by atoms with E-state index in [-0.39, 0.29) is 11.3 Å². The molecule has 2 saturated carbocycles. The van der Waals surface area contributed by atoms with E-state index in [4.69, 9.17) is 0 Å². The lowest BCUT2D eigenvalue weighted by Gasteiger charge is -2.43. The van der Waals surface area contributed by atoms with Gasteiger partial charge in [-0.15, -0.1) is 0 Å². The minimum atomic E-state index is -3.95. The summed E-state index contributed by atoms with van der Waals surface area (Å²) in [6, 6.07) is 0. The van der Waals surface area contributed by atoms with E-state index in [1.54, 1.807) is 0 Å². The highest BCUT2D eigenvalue weighted by molar-refractivity contribution is 4.90. The third-order valence-electron chi connectivity index (χ3n) is 3.90. The molecule has 19 heavy (non-hydrogen) atoms. The van der Waals surface area contributed by atoms with Crippen molar-refractivity contribution in [3.05, 3.63) is 0 Å². The second-order valence-electron chi connectivity index (χ2n) is 6.63. The molecule has 0 aromatic carbocycles. The summed E-state index contributed by atoms with van der Waals surface area (Å²) in [6.07, 6.45) is -6.60. The minimum Gasteiger partial charge on any atom is -0.171 e. The van der Waals surface area contributed by atoms with Crippen LogP contribution in [0.25, 0.3) is 0 Å². The number of alkyl halides is 6. The summed E-state index contributed by atoms with van der Waals surface area (Å²) in [5, 5.41) is 0. The fraction of sp³-hybridized carbons (Fsp3) is 1.00. The number of hydrogen-bond donors (Lipinski definition) is 0. The maximum atomic E-state index is 11.8. The molecule has 0 spiro atoms. The van der Waals surface area contributed by atoms with Crippen LogP contribution in [0.2, 0.25) is 0 Å². The Balaban J connectivity index is 0.000000191. The summed E-state index contributed by atoms with van der Waals surface area (Å²) >= 11 is 0. The first-order valence-electron chi connectivity index (χ1n) is 6.45. The van der Waals surface area contributed by atoms with Gasteiger partial charge in [0.25, 0.3) is 0 Å². The van der Waals surface area contributed by atoms with Crippen molar-refractivity contribution in [3.63, 3.8) is 0 Å². The minimum absolute atomic E-state index is 0.0693. The predicted molar refractivity (Wildman–Crippen MR) is 60.5 cm³/mol. The summed E-state index contributed by atoms with van der Waals surface area (Å²) in [7, 11) is 0. The first-order valence-corrected chi connectivity index (χ1v) is 6.45. The van der Waals surface area contributed by atoms with E-state index in [0.717, 1.165) is 0 Å². The second kappa shape index (κ2) is 5.17. The summed E-state index contributed by atoms with van der Waals surface area (Å²) in [6.45, 7) is 5.59. The molecule has 0 radical (unpaired) electrons. The van der Waals surface area contributed by atoms with Gasteiger partial charge in [-0.1, -0.05) is 20.8 Å². The molecule has 0 atom stereocenters. The Labute approximate surface area is 109 Å². The first-order chi connectivity index (χ1) is 8.31. The molecule has 0 saturated heterocycles. The SMILES string of the molecule is CC1(C)CC(C(F)(F)F)C1.CC1CC(C(F)(F)F)C1. The zero-order valence-electron chi connectivity index (χ0n) is 11.3. The van der Waals surface area contributed by atoms with Gasteiger partial charge < -0.3 is 0 Å². The van der Waals surface area contributed by atoms with Gasteiger partial charge in [0.15, 0.2) is 0 Å². The Kier molecular flexibility index (Phi) is 4.52. The van der Waals surface area contributed by atoms with Gasteiger partial charge in [-0.2, -0.15) is 26.3 Å². The maximum Gasteiger partial charge on any atom is 0.391 e. The van der Waals surface area contributed by atoms with Gasteiger partial charge in [-0.3, -0.25) is 0 Å². The van der Waals surface area contributed by atoms with E-state index in [1.165, 1.54) is 0 Å². The van der Waals surface area contributed by atoms with Crippen LogP contribution in [0.3, 0.4) is 0 Å². The van der Waals surface area contributed by atoms with Crippen LogP contribution in [0.15, 0.2) is 0 Å². The van der Waals surface area contributed by atoms with Crippen LogP contribution < -0.4 is 0 Å². The Hall–Kier alpha value is -0.420. The highest BCUT2D eigenvalue weighted by atomic mass is 19.4. The fourth-order valence-electron chi connectivity index (χ4n) is 2.68. The monoisotopic (exact) mass is 290 g/mol. The lowest BCUT2D eigenvalue weighted by atomic mass is 9.64. The molecule has 2 rings (SSSR count). The molecule has 114 valence electrons. The van der Waals surface area contributed by atoms with Gasteiger partial charge in [-0.05, 0) is 37.0 Å². The summed E-state index contributed by atoms with van der Waals surface area (Å²) in [4.78, 5) is 0. The van der Waals surface area contributed by atoms with Crippen molar-refractivity contribution in [2.24, 2.45) is 23.2 Å². The summed E-state index contributed by atoms with van der Waals surface area (Å²) in [5.41, 5.74) is -0.0693. The lowest BCUT2D eigenvalue weighted by Crippen LogP contribution is -2.40. The van der Waals surface area contributed by atoms with E-state index >= 15 is 0 Å². The molecule has 0 bridgehead atoms. The van der Waals surface area contributed by atoms with Gasteiger partial charge in [-0.25, -0.2) is 0 Å². The molecule has 6 heteroatoms. The Morgan fingerprint density at radius 3 is 1.26 bits per heavy atom. The van der Waals surface area contributed by atoms with E-state index in [1.807, 2.05) is 20.8 Å². The van der Waals surface area contributed by atoms with E-state index < -0.39 is 24.2 Å². The maximum absolute atomic E-state index is 11.8. The summed E-state index contributed by atoms with van der Waals surface area (Å²) < 4.78 is 70.6. The van der Waals surface area contributed by atoms with Crippen molar-refractivity contribution in [2.45, 2.75) is 58.8 Å². The van der Waals surface area contributed by atoms with Crippen LogP contribution in [-0.4, -0.2) is 12.4 Å². The number of halogens is 6. The summed E-state index contributed by atoms with van der Waals surface area (Å²) in [5.74, 6) is -1.73. The first kappa shape index (κ1) is 16.6. The normalized spacial score (nSPS) is 30.8. The molecule has 0 N–H and O–H groups in total. The predicted octanol–water partition coefficient (Wildman–Crippen LogP) is 5.58. The van der Waals surface area contributed by atoms with Crippen molar-refractivity contribution in [1.82, 2.24) is 0 Å². The zero-order chi connectivity index (χ0) is 15.1. The number of rotatable bonds is 0. The van der Waals surface area contributed by atoms with Crippen molar-refractivity contribution in [1.29, 1.82) is 0 Å². The molecular formula is C13H20F6. The van der Waals surface area contributed by atoms with Crippen molar-refractivity contribution >= 4 is 0 Å². The van der Waals surface area contributed by atoms with Gasteiger partial charge in [0.05, 0.1) is 11.8 Å². The molecule has 2 fully saturated rings. The highest BCUT2D eigenvalue weighted by Gasteiger charge is 2.51. The molecule has 0 aliphatic heterocycles. The van der Waals surface area contributed by atoms with E-state index in [9.17, 15) is 26.3 Å². The van der Waals surface area contributed by atoms with Crippen molar-refractivity contribution < 1.29 is 26.3 Å². The third-order valence-corrected chi connectivity index (χ3v) is 3.90. The second-order valence-corrected chi connectivity index (χ2v) is 6.63. The largest absolute Gasteiger partial charge is 0.391 e. The van der Waals surface area contributed by atoms with Gasteiger partial charge >= 0.3 is 12.4 Å². The average molecular weight is 290 g/mol. The molecule has 0 nitrogen and oxygen atoms in total. The molecule has 0 unspecified atom stereocenters. The fourth-order valence-corrected chi connectivity index (χ4v) is 2.68. The van der Waals surface area contributed by atoms with Crippen LogP contribution >= 0.6 is 0 Å². The Morgan fingerprint density at radius 2 is 1.16 bits per heavy atom. The van der Waals surface area contributed by atoms with Gasteiger partial charge in [0.2, 0.25) is 0 Å². The molecule has 2 aliphatic rings. The lowest BCUT2D eigenvalue weighted by molar-refractivity contribution is -0.216. The Morgan fingerprint density at radius 1 is 0.789 bits per heavy atom. The van der Waals surface area contributed by atoms with Gasteiger partial charge in [0.1, 0.15) is 0 Å². The zero-order valence-corrected chi connectivity index (χ0v) is 11.3. The van der Waals surface area contributed by atoms with Crippen molar-refractivity contribution in [2.75, 3.05) is 0 Å². The Bertz CT molecular complexity index is 287. The van der Waals surface area contributed by atoms with Gasteiger partial charge in [0, 0.05) is 0 Å². The topological polar surface area (TPSA) is 0 Å². The molecule has 0 heterocycles. The van der Waals surface area contributed by atoms with Crippen LogP contribution in [-0.2, 0) is 0 Å². The molecular weight excluding hydrogens is 270 g/mol. The molecule has 2 aliphatic carbocycles. The van der Waals surface area contributed by atoms with Crippen LogP contribution in [0.4, 0.5) is 26.3 Å². The number of hydrogen-bond acceptors (Lipinski definition) is 0. The van der Waals surface area contributed by atoms with E-state index in [0.29, 0.717) is 25.7 Å². The third kappa shape index (κ3) is 4.88. The van der Waals surface area contributed by atoms with Crippen LogP contribution in [0.5, 0.6) is 0 Å². The molecule has 0 aromatic rings. The van der Waals surface area contributed by atoms with Crippen molar-refractivity contribution in [3.8, 4) is 0 Å². The van der Waals surface area contributed by atoms with Crippen LogP contribution in [0, 0.1) is 23.2 Å². The highest BCUT2D eigenvalue weighted by Crippen LogP contribution is 2.51. The molecule has 0 amide bonds. The average Bonchev–Trinajstić information content (AvgIpc) is 2.07. The van der Waals surface area contributed by atoms with Crippen LogP contribution in [0.1, 0.15) is 46.5 Å². The van der Waals surface area contributed by atoms with E-state index in [2.05, 4.69) is 0 Å². The smallest absolute Gasteiger partial charge is 0.171 e. The standard InChI is InChI=1S/C7H11F3.C6H9F3/c1-6(2)3-5(4-6)7(8,9)10;1-4-2-5(3-4)6(7,8)9/h5H,3-4H2,1-2H3;4-5H,2-3H2,1H3. The molecule has 0 aromatic heterocycles.